The summed E-state index contributed by atoms with van der Waals surface area (Å²) in [6.45, 7) is 6.54. The molecule has 5 heterocycles. The lowest BCUT2D eigenvalue weighted by atomic mass is 9.88. The van der Waals surface area contributed by atoms with Gasteiger partial charge in [-0.2, -0.15) is 0 Å². The molecule has 5 aliphatic heterocycles. The van der Waals surface area contributed by atoms with E-state index < -0.39 is 30.3 Å². The van der Waals surface area contributed by atoms with Crippen molar-refractivity contribution < 1.29 is 71.9 Å². The normalized spacial score (nSPS) is 19.4. The second-order valence-corrected chi connectivity index (χ2v) is 24.7. The van der Waals surface area contributed by atoms with Crippen LogP contribution in [-0.4, -0.2) is 139 Å². The molecule has 4 aromatic carbocycles. The van der Waals surface area contributed by atoms with Gasteiger partial charge in [-0.25, -0.2) is 9.69 Å². The SMILES string of the molecule is COc1ccc(C2=CN3C(=O)c4cc(OC)c(OCCCCCOc5cc6c(cc5OC)C(=O)N5CC7(CC7)CC5C(O)N6C(=O)OCc5ccc(CC(=O)[C@H](C)NC(=O)[C@H](CC(=O)CCCCCN6C(=O)C=CC6=O)C(C)C)cc5)cc4CC[C@H]3C2)cc1. The zero-order valence-corrected chi connectivity index (χ0v) is 51.7. The van der Waals surface area contributed by atoms with Gasteiger partial charge in [-0.3, -0.25) is 38.5 Å². The number of nitrogens with one attached hydrogen (secondary N) is 1. The summed E-state index contributed by atoms with van der Waals surface area (Å²) < 4.78 is 35.3. The number of ketones is 2. The third-order valence-electron chi connectivity index (χ3n) is 18.3. The fourth-order valence-corrected chi connectivity index (χ4v) is 12.7. The van der Waals surface area contributed by atoms with Crippen molar-refractivity contribution >= 4 is 58.5 Å². The lowest BCUT2D eigenvalue weighted by molar-refractivity contribution is -0.137. The molecule has 89 heavy (non-hydrogen) atoms. The summed E-state index contributed by atoms with van der Waals surface area (Å²) in [5, 5.41) is 15.0. The number of aliphatic hydroxyl groups is 1. The zero-order valence-electron chi connectivity index (χ0n) is 51.7. The molecular weight excluding hydrogens is 1140 g/mol. The summed E-state index contributed by atoms with van der Waals surface area (Å²) >= 11 is 0. The Morgan fingerprint density at radius 2 is 1.38 bits per heavy atom. The van der Waals surface area contributed by atoms with E-state index in [2.05, 4.69) is 5.32 Å². The molecule has 0 bridgehead atoms. The molecule has 2 unspecified atom stereocenters. The van der Waals surface area contributed by atoms with Gasteiger partial charge < -0.3 is 48.6 Å². The van der Waals surface area contributed by atoms with Gasteiger partial charge in [0.05, 0.1) is 57.9 Å². The molecule has 472 valence electrons. The van der Waals surface area contributed by atoms with Gasteiger partial charge in [0.25, 0.3) is 23.6 Å². The van der Waals surface area contributed by atoms with Crippen molar-refractivity contribution in [1.82, 2.24) is 20.0 Å². The first-order chi connectivity index (χ1) is 42.9. The van der Waals surface area contributed by atoms with Crippen molar-refractivity contribution in [3.8, 4) is 28.7 Å². The number of unbranched alkanes of at least 4 members (excludes halogenated alkanes) is 4. The summed E-state index contributed by atoms with van der Waals surface area (Å²) in [6, 6.07) is 20.2. The van der Waals surface area contributed by atoms with E-state index in [0.29, 0.717) is 98.6 Å². The fraction of sp³-hybridized carbons (Fsp3) is 0.478. The molecule has 6 amide bonds. The summed E-state index contributed by atoms with van der Waals surface area (Å²) in [4.78, 5) is 112. The van der Waals surface area contributed by atoms with Crippen LogP contribution in [0.5, 0.6) is 28.7 Å². The molecule has 1 saturated heterocycles. The molecule has 10 rings (SSSR count). The first-order valence-electron chi connectivity index (χ1n) is 31.2. The lowest BCUT2D eigenvalue weighted by Gasteiger charge is -2.31. The molecule has 4 aromatic rings. The predicted octanol–water partition coefficient (Wildman–Crippen LogP) is 9.35. The van der Waals surface area contributed by atoms with Crippen LogP contribution in [0, 0.1) is 17.3 Å². The number of fused-ring (bicyclic) bond motifs is 4. The molecule has 2 fully saturated rings. The van der Waals surface area contributed by atoms with E-state index in [1.807, 2.05) is 55.3 Å². The van der Waals surface area contributed by atoms with Crippen molar-refractivity contribution in [3.63, 3.8) is 0 Å². The van der Waals surface area contributed by atoms with Crippen LogP contribution >= 0.6 is 0 Å². The third-order valence-corrected chi connectivity index (χ3v) is 18.3. The third kappa shape index (κ3) is 14.5. The van der Waals surface area contributed by atoms with Crippen molar-refractivity contribution in [2.75, 3.05) is 52.5 Å². The largest absolute Gasteiger partial charge is 0.497 e. The standard InChI is InChI=1S/C69H81N5O15/c1-42(2)52(34-50(75)13-9-7-10-28-71-62(77)24-25-63(71)78)64(79)70-43(3)57(76)31-44-14-16-45(17-15-44)40-89-68(83)74-55-37-61(59(86-6)36-54(55)66(81)73-41-69(26-27-69)38-56(73)67(74)82)88-30-12-8-11-29-87-60-33-47-18-21-49-32-48(46-19-22-51(84-4)23-20-46)39-72(49)65(80)53(47)35-58(60)85-5/h14-17,19-20,22-25,33,35-37,39,42-43,49,52,56,67,82H,7-13,18,21,26-32,34,38,40-41H2,1-6H3,(H,70,79)/t43-,49-,52+,56?,67?/m0/s1. The number of methoxy groups -OCH3 is 3. The number of carbonyl (C=O) groups excluding carboxylic acids is 8. The number of imide groups is 1. The molecule has 20 heteroatoms. The van der Waals surface area contributed by atoms with Gasteiger partial charge in [0.1, 0.15) is 18.1 Å². The number of ether oxygens (including phenoxy) is 6. The average Bonchev–Trinajstić information content (AvgIpc) is 1.62. The Kier molecular flexibility index (Phi) is 19.9. The predicted molar refractivity (Wildman–Crippen MR) is 330 cm³/mol. The maximum Gasteiger partial charge on any atom is 0.416 e. The second-order valence-electron chi connectivity index (χ2n) is 24.7. The minimum absolute atomic E-state index is 0.00728. The van der Waals surface area contributed by atoms with Gasteiger partial charge in [-0.15, -0.1) is 0 Å². The van der Waals surface area contributed by atoms with Gasteiger partial charge >= 0.3 is 6.09 Å². The number of aryl methyl sites for hydroxylation is 1. The highest BCUT2D eigenvalue weighted by atomic mass is 16.6. The number of hydrogen-bond acceptors (Lipinski definition) is 15. The quantitative estimate of drug-likeness (QED) is 0.0398. The molecule has 0 radical (unpaired) electrons. The highest BCUT2D eigenvalue weighted by molar-refractivity contribution is 6.13. The monoisotopic (exact) mass is 1220 g/mol. The van der Waals surface area contributed by atoms with Crippen LogP contribution in [-0.2, 0) is 48.2 Å². The van der Waals surface area contributed by atoms with E-state index >= 15 is 0 Å². The Balaban J connectivity index is 0.712. The number of hydrogen-bond donors (Lipinski definition) is 2. The number of amides is 6. The Morgan fingerprint density at radius 1 is 0.730 bits per heavy atom. The Morgan fingerprint density at radius 3 is 2.03 bits per heavy atom. The van der Waals surface area contributed by atoms with Crippen LogP contribution in [0.1, 0.15) is 147 Å². The number of nitrogens with zero attached hydrogens (tertiary/aromatic N) is 4. The van der Waals surface area contributed by atoms with Crippen molar-refractivity contribution in [1.29, 1.82) is 0 Å². The van der Waals surface area contributed by atoms with Crippen LogP contribution < -0.4 is 33.9 Å². The highest BCUT2D eigenvalue weighted by Crippen LogP contribution is 2.57. The van der Waals surface area contributed by atoms with E-state index in [0.717, 1.165) is 59.5 Å². The summed E-state index contributed by atoms with van der Waals surface area (Å²) in [5.74, 6) is -0.132. The topological polar surface area (TPSA) is 237 Å². The Bertz CT molecular complexity index is 3390. The Hall–Kier alpha value is -8.52. The molecular formula is C69H81N5O15. The fourth-order valence-electron chi connectivity index (χ4n) is 12.7. The molecule has 1 saturated carbocycles. The summed E-state index contributed by atoms with van der Waals surface area (Å²) in [6.07, 6.45) is 10.9. The van der Waals surface area contributed by atoms with Gasteiger partial charge in [0.15, 0.2) is 35.0 Å². The van der Waals surface area contributed by atoms with Crippen LogP contribution in [0.25, 0.3) is 5.57 Å². The van der Waals surface area contributed by atoms with Crippen molar-refractivity contribution in [3.05, 3.63) is 125 Å². The molecule has 0 aromatic heterocycles. The summed E-state index contributed by atoms with van der Waals surface area (Å²) in [5.41, 5.74) is 5.16. The molecule has 1 spiro atoms. The van der Waals surface area contributed by atoms with Gasteiger partial charge in [-0.1, -0.05) is 56.7 Å². The number of benzene rings is 4. The van der Waals surface area contributed by atoms with Gasteiger partial charge in [0, 0.05) is 74.3 Å². The summed E-state index contributed by atoms with van der Waals surface area (Å²) in [7, 11) is 4.68. The van der Waals surface area contributed by atoms with E-state index in [9.17, 15) is 43.5 Å². The number of rotatable bonds is 28. The number of aliphatic hydroxyl groups excluding tert-OH is 1. The minimum atomic E-state index is -1.43. The zero-order chi connectivity index (χ0) is 63.1. The second kappa shape index (κ2) is 27.9. The smallest absolute Gasteiger partial charge is 0.416 e. The Labute approximate surface area is 519 Å². The lowest BCUT2D eigenvalue weighted by Crippen LogP contribution is -2.50. The van der Waals surface area contributed by atoms with Crippen LogP contribution in [0.4, 0.5) is 10.5 Å². The highest BCUT2D eigenvalue weighted by Gasteiger charge is 2.58. The van der Waals surface area contributed by atoms with E-state index in [1.54, 1.807) is 68.5 Å². The maximum absolute atomic E-state index is 14.4. The van der Waals surface area contributed by atoms with Crippen LogP contribution in [0.15, 0.2) is 91.1 Å². The molecule has 20 nitrogen and oxygen atoms in total. The van der Waals surface area contributed by atoms with Crippen molar-refractivity contribution in [2.45, 2.75) is 148 Å². The van der Waals surface area contributed by atoms with E-state index in [4.69, 9.17) is 28.4 Å². The number of anilines is 1. The first-order valence-corrected chi connectivity index (χ1v) is 31.2. The molecule has 6 aliphatic rings. The minimum Gasteiger partial charge on any atom is -0.497 e. The molecule has 1 aliphatic carbocycles. The molecule has 5 atom stereocenters. The van der Waals surface area contributed by atoms with Crippen LogP contribution in [0.3, 0.4) is 0 Å². The first kappa shape index (κ1) is 63.5. The van der Waals surface area contributed by atoms with E-state index in [1.165, 1.54) is 24.2 Å². The van der Waals surface area contributed by atoms with Crippen LogP contribution in [0.2, 0.25) is 0 Å². The number of Topliss-reactive ketones (excluding diaryl/α,β-unsaturated/α-hetero) is 2. The number of carbonyl (C=O) groups is 8. The average molecular weight is 1220 g/mol. The maximum atomic E-state index is 14.4. The van der Waals surface area contributed by atoms with Gasteiger partial charge in [0.2, 0.25) is 5.91 Å². The molecule has 2 N–H and O–H groups in total. The van der Waals surface area contributed by atoms with Crippen molar-refractivity contribution in [2.24, 2.45) is 17.3 Å². The van der Waals surface area contributed by atoms with Gasteiger partial charge in [-0.05, 0) is 147 Å². The van der Waals surface area contributed by atoms with E-state index in [-0.39, 0.29) is 108 Å².